The molecule has 72 valence electrons. The van der Waals surface area contributed by atoms with Gasteiger partial charge in [0.05, 0.1) is 0 Å². The molecule has 13 heavy (non-hydrogen) atoms. The fourth-order valence-electron chi connectivity index (χ4n) is 1.31. The molecule has 0 unspecified atom stereocenters. The Morgan fingerprint density at radius 2 is 2.08 bits per heavy atom. The summed E-state index contributed by atoms with van der Waals surface area (Å²) in [6.07, 6.45) is 0. The molecule has 0 aliphatic carbocycles. The number of hydrogen-bond acceptors (Lipinski definition) is 2. The highest BCUT2D eigenvalue weighted by Crippen LogP contribution is 2.26. The van der Waals surface area contributed by atoms with Crippen LogP contribution in [0.4, 0.5) is 4.39 Å². The molecule has 0 amide bonds. The molecule has 0 atom stereocenters. The van der Waals surface area contributed by atoms with Gasteiger partial charge in [-0.05, 0) is 37.6 Å². The zero-order chi connectivity index (χ0) is 10.0. The summed E-state index contributed by atoms with van der Waals surface area (Å²) in [4.78, 5) is 0. The Bertz CT molecular complexity index is 323. The van der Waals surface area contributed by atoms with E-state index >= 15 is 0 Å². The smallest absolute Gasteiger partial charge is 0.167 e. The van der Waals surface area contributed by atoms with Gasteiger partial charge in [0.1, 0.15) is 0 Å². The van der Waals surface area contributed by atoms with Crippen LogP contribution in [0.25, 0.3) is 0 Å². The zero-order valence-corrected chi connectivity index (χ0v) is 8.11. The second kappa shape index (κ2) is 3.75. The van der Waals surface area contributed by atoms with Crippen LogP contribution in [-0.2, 0) is 6.54 Å². The minimum Gasteiger partial charge on any atom is -0.505 e. The number of aryl methyl sites for hydroxylation is 1. The molecule has 0 saturated heterocycles. The second-order valence-corrected chi connectivity index (χ2v) is 3.17. The van der Waals surface area contributed by atoms with Crippen LogP contribution in [0, 0.1) is 19.7 Å². The van der Waals surface area contributed by atoms with Gasteiger partial charge < -0.3 is 10.4 Å². The van der Waals surface area contributed by atoms with Crippen molar-refractivity contribution < 1.29 is 9.50 Å². The van der Waals surface area contributed by atoms with Crippen LogP contribution in [0.5, 0.6) is 5.75 Å². The second-order valence-electron chi connectivity index (χ2n) is 3.17. The van der Waals surface area contributed by atoms with Crippen molar-refractivity contribution in [3.63, 3.8) is 0 Å². The lowest BCUT2D eigenvalue weighted by Gasteiger charge is -2.10. The summed E-state index contributed by atoms with van der Waals surface area (Å²) < 4.78 is 13.1. The van der Waals surface area contributed by atoms with Crippen LogP contribution >= 0.6 is 0 Å². The zero-order valence-electron chi connectivity index (χ0n) is 8.11. The van der Waals surface area contributed by atoms with Gasteiger partial charge in [0.2, 0.25) is 0 Å². The maximum absolute atomic E-state index is 13.1. The Balaban J connectivity index is 3.24. The van der Waals surface area contributed by atoms with E-state index in [-0.39, 0.29) is 5.75 Å². The summed E-state index contributed by atoms with van der Waals surface area (Å²) >= 11 is 0. The number of benzene rings is 1. The number of aromatic hydroxyl groups is 1. The average molecular weight is 183 g/mol. The third kappa shape index (κ3) is 1.80. The topological polar surface area (TPSA) is 32.3 Å². The third-order valence-electron chi connectivity index (χ3n) is 2.15. The van der Waals surface area contributed by atoms with E-state index in [1.807, 2.05) is 7.05 Å². The van der Waals surface area contributed by atoms with Crippen LogP contribution in [0.3, 0.4) is 0 Å². The molecule has 0 saturated carbocycles. The van der Waals surface area contributed by atoms with Crippen LogP contribution in [-0.4, -0.2) is 12.2 Å². The number of phenols is 1. The lowest BCUT2D eigenvalue weighted by Crippen LogP contribution is -2.07. The largest absolute Gasteiger partial charge is 0.505 e. The van der Waals surface area contributed by atoms with Crippen molar-refractivity contribution >= 4 is 0 Å². The van der Waals surface area contributed by atoms with Gasteiger partial charge in [-0.1, -0.05) is 6.07 Å². The molecule has 2 N–H and O–H groups in total. The lowest BCUT2D eigenvalue weighted by molar-refractivity contribution is 0.425. The van der Waals surface area contributed by atoms with E-state index in [0.29, 0.717) is 17.7 Å². The first-order valence-electron chi connectivity index (χ1n) is 4.20. The number of hydrogen-bond donors (Lipinski definition) is 2. The van der Waals surface area contributed by atoms with Gasteiger partial charge >= 0.3 is 0 Å². The summed E-state index contributed by atoms with van der Waals surface area (Å²) in [6, 6.07) is 1.75. The monoisotopic (exact) mass is 183 g/mol. The van der Waals surface area contributed by atoms with Gasteiger partial charge in [0.25, 0.3) is 0 Å². The molecule has 3 heteroatoms. The predicted molar refractivity (Wildman–Crippen MR) is 50.3 cm³/mol. The highest BCUT2D eigenvalue weighted by molar-refractivity contribution is 5.43. The van der Waals surface area contributed by atoms with Crippen molar-refractivity contribution in [2.45, 2.75) is 20.4 Å². The van der Waals surface area contributed by atoms with Gasteiger partial charge in [-0.3, -0.25) is 0 Å². The van der Waals surface area contributed by atoms with Crippen molar-refractivity contribution in [3.8, 4) is 5.75 Å². The average Bonchev–Trinajstić information content (AvgIpc) is 2.11. The normalized spacial score (nSPS) is 10.5. The summed E-state index contributed by atoms with van der Waals surface area (Å²) in [5.41, 5.74) is 2.02. The van der Waals surface area contributed by atoms with E-state index < -0.39 is 5.82 Å². The molecular weight excluding hydrogens is 169 g/mol. The molecule has 0 aliphatic rings. The van der Waals surface area contributed by atoms with Gasteiger partial charge in [-0.25, -0.2) is 4.39 Å². The van der Waals surface area contributed by atoms with Crippen molar-refractivity contribution in [2.24, 2.45) is 0 Å². The molecule has 0 fully saturated rings. The first kappa shape index (κ1) is 9.99. The minimum absolute atomic E-state index is 0.231. The number of phenolic OH excluding ortho intramolecular Hbond substituents is 1. The maximum Gasteiger partial charge on any atom is 0.167 e. The molecule has 2 nitrogen and oxygen atoms in total. The van der Waals surface area contributed by atoms with Crippen LogP contribution in [0.15, 0.2) is 6.07 Å². The molecule has 0 heterocycles. The van der Waals surface area contributed by atoms with Crippen molar-refractivity contribution in [1.82, 2.24) is 5.32 Å². The fraction of sp³-hybridized carbons (Fsp3) is 0.400. The summed E-state index contributed by atoms with van der Waals surface area (Å²) in [7, 11) is 1.81. The number of nitrogens with one attached hydrogen (secondary N) is 1. The Labute approximate surface area is 77.4 Å². The van der Waals surface area contributed by atoms with Crippen molar-refractivity contribution in [3.05, 3.63) is 28.6 Å². The van der Waals surface area contributed by atoms with Gasteiger partial charge in [-0.15, -0.1) is 0 Å². The first-order valence-corrected chi connectivity index (χ1v) is 4.20. The molecule has 1 aromatic rings. The van der Waals surface area contributed by atoms with Gasteiger partial charge in [0, 0.05) is 6.54 Å². The minimum atomic E-state index is -0.516. The van der Waals surface area contributed by atoms with E-state index in [4.69, 9.17) is 0 Å². The summed E-state index contributed by atoms with van der Waals surface area (Å²) in [5, 5.41) is 12.4. The quantitative estimate of drug-likeness (QED) is 0.733. The van der Waals surface area contributed by atoms with E-state index in [2.05, 4.69) is 5.32 Å². The standard InChI is InChI=1S/C10H14FNO/c1-6-4-8(5-12-3)7(2)10(13)9(6)11/h4,12-13H,5H2,1-3H3. The van der Waals surface area contributed by atoms with Gasteiger partial charge in [0.15, 0.2) is 11.6 Å². The Morgan fingerprint density at radius 3 is 2.62 bits per heavy atom. The predicted octanol–water partition coefficient (Wildman–Crippen LogP) is 1.87. The van der Waals surface area contributed by atoms with E-state index in [1.54, 1.807) is 19.9 Å². The highest BCUT2D eigenvalue weighted by Gasteiger charge is 2.11. The number of halogens is 1. The Kier molecular flexibility index (Phi) is 2.88. The molecule has 0 radical (unpaired) electrons. The molecule has 1 rings (SSSR count). The fourth-order valence-corrected chi connectivity index (χ4v) is 1.31. The van der Waals surface area contributed by atoms with Gasteiger partial charge in [-0.2, -0.15) is 0 Å². The molecular formula is C10H14FNO. The molecule has 0 aliphatic heterocycles. The number of rotatable bonds is 2. The van der Waals surface area contributed by atoms with E-state index in [1.165, 1.54) is 0 Å². The molecule has 1 aromatic carbocycles. The third-order valence-corrected chi connectivity index (χ3v) is 2.15. The van der Waals surface area contributed by atoms with Crippen LogP contribution in [0.1, 0.15) is 16.7 Å². The SMILES string of the molecule is CNCc1cc(C)c(F)c(O)c1C. The van der Waals surface area contributed by atoms with Crippen LogP contribution < -0.4 is 5.32 Å². The summed E-state index contributed by atoms with van der Waals surface area (Å²) in [6.45, 7) is 4.00. The lowest BCUT2D eigenvalue weighted by atomic mass is 10.0. The molecule has 0 spiro atoms. The molecule has 0 bridgehead atoms. The first-order chi connectivity index (χ1) is 6.07. The Hall–Kier alpha value is -1.09. The molecule has 0 aromatic heterocycles. The maximum atomic E-state index is 13.1. The summed E-state index contributed by atoms with van der Waals surface area (Å²) in [5.74, 6) is -0.748. The highest BCUT2D eigenvalue weighted by atomic mass is 19.1. The van der Waals surface area contributed by atoms with E-state index in [9.17, 15) is 9.50 Å². The van der Waals surface area contributed by atoms with Crippen LogP contribution in [0.2, 0.25) is 0 Å². The van der Waals surface area contributed by atoms with E-state index in [0.717, 1.165) is 5.56 Å². The Morgan fingerprint density at radius 1 is 1.46 bits per heavy atom. The van der Waals surface area contributed by atoms with Crippen molar-refractivity contribution in [2.75, 3.05) is 7.05 Å². The van der Waals surface area contributed by atoms with Crippen molar-refractivity contribution in [1.29, 1.82) is 0 Å².